The number of amides is 1. The summed E-state index contributed by atoms with van der Waals surface area (Å²) in [7, 11) is 0. The average Bonchev–Trinajstić information content (AvgIpc) is 3.44. The molecule has 4 rings (SSSR count). The van der Waals surface area contributed by atoms with Gasteiger partial charge >= 0.3 is 0 Å². The van der Waals surface area contributed by atoms with E-state index in [1.54, 1.807) is 12.1 Å². The van der Waals surface area contributed by atoms with E-state index in [1.165, 1.54) is 23.6 Å². The first-order valence-electron chi connectivity index (χ1n) is 8.84. The Morgan fingerprint density at radius 3 is 2.89 bits per heavy atom. The highest BCUT2D eigenvalue weighted by Crippen LogP contribution is 2.18. The predicted octanol–water partition coefficient (Wildman–Crippen LogP) is 0.575. The van der Waals surface area contributed by atoms with Gasteiger partial charge in [-0.3, -0.25) is 9.69 Å². The quantitative estimate of drug-likeness (QED) is 0.458. The maximum atomic E-state index is 12.8. The van der Waals surface area contributed by atoms with Crippen LogP contribution in [0.3, 0.4) is 0 Å². The molecule has 4 heterocycles. The van der Waals surface area contributed by atoms with Crippen molar-refractivity contribution in [2.24, 2.45) is 5.10 Å². The Morgan fingerprint density at radius 2 is 2.18 bits per heavy atom. The summed E-state index contributed by atoms with van der Waals surface area (Å²) >= 11 is 0. The van der Waals surface area contributed by atoms with Crippen molar-refractivity contribution in [3.8, 4) is 5.82 Å². The molecule has 1 aliphatic rings. The molecule has 12 heteroatoms. The normalized spacial score (nSPS) is 15.3. The lowest BCUT2D eigenvalue weighted by Crippen LogP contribution is -2.31. The average molecular weight is 385 g/mol. The van der Waals surface area contributed by atoms with Crippen LogP contribution < -0.4 is 11.2 Å². The number of nitrogen functional groups attached to an aromatic ring is 1. The molecule has 3 aromatic heterocycles. The van der Waals surface area contributed by atoms with Gasteiger partial charge in [0.25, 0.3) is 5.91 Å². The third-order valence-corrected chi connectivity index (χ3v) is 4.37. The minimum atomic E-state index is -0.512. The number of nitrogens with zero attached hydrogens (tertiary/aromatic N) is 7. The highest BCUT2D eigenvalue weighted by atomic mass is 16.6. The van der Waals surface area contributed by atoms with E-state index in [1.807, 2.05) is 0 Å². The van der Waals surface area contributed by atoms with Crippen LogP contribution in [0.2, 0.25) is 0 Å². The van der Waals surface area contributed by atoms with Crippen LogP contribution in [0.1, 0.15) is 41.2 Å². The number of hydrogen-bond acceptors (Lipinski definition) is 10. The van der Waals surface area contributed by atoms with E-state index in [0.717, 1.165) is 25.9 Å². The van der Waals surface area contributed by atoms with Crippen LogP contribution in [0.15, 0.2) is 32.5 Å². The van der Waals surface area contributed by atoms with Gasteiger partial charge in [-0.1, -0.05) is 11.6 Å². The van der Waals surface area contributed by atoms with Gasteiger partial charge in [-0.15, -0.1) is 5.10 Å². The first-order valence-corrected chi connectivity index (χ1v) is 8.84. The molecule has 0 bridgehead atoms. The highest BCUT2D eigenvalue weighted by molar-refractivity contribution is 5.94. The number of nitrogens with one attached hydrogen (secondary N) is 1. The topological polar surface area (TPSA) is 153 Å². The number of nitrogens with two attached hydrogens (primary N) is 1. The Hall–Kier alpha value is -3.54. The van der Waals surface area contributed by atoms with Gasteiger partial charge in [0, 0.05) is 6.54 Å². The van der Waals surface area contributed by atoms with E-state index in [9.17, 15) is 4.79 Å². The van der Waals surface area contributed by atoms with E-state index >= 15 is 0 Å². The Balaban J connectivity index is 1.60. The Morgan fingerprint density at radius 1 is 1.32 bits per heavy atom. The second-order valence-electron chi connectivity index (χ2n) is 6.32. The summed E-state index contributed by atoms with van der Waals surface area (Å²) in [4.78, 5) is 15.1. The van der Waals surface area contributed by atoms with Crippen molar-refractivity contribution in [1.29, 1.82) is 0 Å². The number of carbonyl (C=O) groups is 1. The van der Waals surface area contributed by atoms with Gasteiger partial charge in [-0.2, -0.15) is 9.78 Å². The Labute approximate surface area is 159 Å². The van der Waals surface area contributed by atoms with Crippen molar-refractivity contribution in [2.75, 3.05) is 18.8 Å². The van der Waals surface area contributed by atoms with Gasteiger partial charge in [-0.05, 0) is 48.4 Å². The van der Waals surface area contributed by atoms with Crippen molar-refractivity contribution < 1.29 is 13.8 Å². The lowest BCUT2D eigenvalue weighted by Gasteiger charge is -2.25. The van der Waals surface area contributed by atoms with Crippen LogP contribution in [0.25, 0.3) is 5.82 Å². The number of likely N-dealkylation sites (tertiary alicyclic amines) is 1. The number of anilines is 1. The second-order valence-corrected chi connectivity index (χ2v) is 6.32. The van der Waals surface area contributed by atoms with E-state index in [-0.39, 0.29) is 17.3 Å². The zero-order valence-corrected chi connectivity index (χ0v) is 15.0. The number of hydrogen-bond donors (Lipinski definition) is 2. The molecule has 3 aromatic rings. The van der Waals surface area contributed by atoms with Crippen LogP contribution in [-0.2, 0) is 6.54 Å². The maximum Gasteiger partial charge on any atom is 0.292 e. The summed E-state index contributed by atoms with van der Waals surface area (Å²) in [6.45, 7) is 2.37. The van der Waals surface area contributed by atoms with Crippen molar-refractivity contribution in [3.63, 3.8) is 0 Å². The van der Waals surface area contributed by atoms with Crippen LogP contribution >= 0.6 is 0 Å². The first-order chi connectivity index (χ1) is 13.7. The van der Waals surface area contributed by atoms with E-state index in [4.69, 9.17) is 10.2 Å². The molecule has 1 fully saturated rings. The molecule has 0 aromatic carbocycles. The molecular weight excluding hydrogens is 366 g/mol. The lowest BCUT2D eigenvalue weighted by molar-refractivity contribution is 0.0944. The fraction of sp³-hybridized carbons (Fsp3) is 0.375. The summed E-state index contributed by atoms with van der Waals surface area (Å²) < 4.78 is 11.0. The molecule has 28 heavy (non-hydrogen) atoms. The van der Waals surface area contributed by atoms with Gasteiger partial charge < -0.3 is 10.2 Å². The van der Waals surface area contributed by atoms with E-state index in [0.29, 0.717) is 18.0 Å². The first kappa shape index (κ1) is 17.9. The molecule has 0 spiro atoms. The number of furan rings is 1. The smallest absolute Gasteiger partial charge is 0.292 e. The van der Waals surface area contributed by atoms with Gasteiger partial charge in [0.2, 0.25) is 11.6 Å². The monoisotopic (exact) mass is 385 g/mol. The molecule has 12 nitrogen and oxygen atoms in total. The zero-order chi connectivity index (χ0) is 19.3. The van der Waals surface area contributed by atoms with Crippen molar-refractivity contribution >= 4 is 17.9 Å². The van der Waals surface area contributed by atoms with Crippen molar-refractivity contribution in [1.82, 2.24) is 35.6 Å². The fourth-order valence-electron chi connectivity index (χ4n) is 3.03. The molecule has 146 valence electrons. The fourth-order valence-corrected chi connectivity index (χ4v) is 3.03. The molecule has 1 amide bonds. The summed E-state index contributed by atoms with van der Waals surface area (Å²) in [6.07, 6.45) is 6.34. The summed E-state index contributed by atoms with van der Waals surface area (Å²) in [5, 5.41) is 19.3. The molecule has 0 unspecified atom stereocenters. The van der Waals surface area contributed by atoms with Crippen LogP contribution in [0.5, 0.6) is 0 Å². The van der Waals surface area contributed by atoms with E-state index < -0.39 is 5.91 Å². The highest BCUT2D eigenvalue weighted by Gasteiger charge is 2.26. The minimum absolute atomic E-state index is 0.00237. The summed E-state index contributed by atoms with van der Waals surface area (Å²) in [5.74, 6) is 0.0905. The molecular formula is C16H19N9O3. The van der Waals surface area contributed by atoms with Crippen molar-refractivity contribution in [3.05, 3.63) is 35.5 Å². The number of rotatable bonds is 6. The molecule has 1 saturated heterocycles. The number of hydrazone groups is 1. The molecule has 1 aliphatic heterocycles. The lowest BCUT2D eigenvalue weighted by atomic mass is 10.1. The second kappa shape index (κ2) is 8.00. The predicted molar refractivity (Wildman–Crippen MR) is 96.5 cm³/mol. The van der Waals surface area contributed by atoms with Crippen LogP contribution in [0, 0.1) is 0 Å². The number of piperidine rings is 1. The van der Waals surface area contributed by atoms with Crippen LogP contribution in [-0.4, -0.2) is 55.4 Å². The SMILES string of the molecule is Nc1nonc1-n1nnc(CN2CCCCC2)c1C(=O)N/N=C/c1ccco1. The largest absolute Gasteiger partial charge is 0.463 e. The third-order valence-electron chi connectivity index (χ3n) is 4.37. The maximum absolute atomic E-state index is 12.8. The van der Waals surface area contributed by atoms with Gasteiger partial charge in [0.05, 0.1) is 12.5 Å². The Kier molecular flexibility index (Phi) is 5.10. The van der Waals surface area contributed by atoms with Gasteiger partial charge in [0.1, 0.15) is 11.5 Å². The molecule has 0 atom stereocenters. The number of carbonyl (C=O) groups excluding carboxylic acids is 1. The van der Waals surface area contributed by atoms with E-state index in [2.05, 4.69) is 40.7 Å². The molecule has 0 saturated carbocycles. The standard InChI is InChI=1S/C16H19N9O3/c17-14-15(22-28-21-14)25-13(16(26)20-18-9-11-5-4-8-27-11)12(19-23-25)10-24-6-2-1-3-7-24/h4-5,8-9H,1-3,6-7,10H2,(H2,17,21)(H,20,26)/b18-9+. The summed E-state index contributed by atoms with van der Waals surface area (Å²) in [5.41, 5.74) is 8.88. The van der Waals surface area contributed by atoms with Gasteiger partial charge in [-0.25, -0.2) is 10.1 Å². The zero-order valence-electron chi connectivity index (χ0n) is 15.0. The molecule has 0 aliphatic carbocycles. The summed E-state index contributed by atoms with van der Waals surface area (Å²) in [6, 6.07) is 3.43. The Bertz CT molecular complexity index is 954. The number of aromatic nitrogens is 5. The minimum Gasteiger partial charge on any atom is -0.463 e. The molecule has 3 N–H and O–H groups in total. The van der Waals surface area contributed by atoms with Crippen molar-refractivity contribution in [2.45, 2.75) is 25.8 Å². The van der Waals surface area contributed by atoms with Gasteiger partial charge in [0.15, 0.2) is 5.69 Å². The molecule has 0 radical (unpaired) electrons. The third kappa shape index (κ3) is 3.76. The van der Waals surface area contributed by atoms with Crippen LogP contribution in [0.4, 0.5) is 5.82 Å².